The van der Waals surface area contributed by atoms with Crippen molar-refractivity contribution in [2.45, 2.75) is 322 Å². The van der Waals surface area contributed by atoms with Crippen LogP contribution < -0.4 is 0 Å². The number of ether oxygens (including phenoxy) is 3. The first-order valence-electron chi connectivity index (χ1n) is 30.8. The lowest BCUT2D eigenvalue weighted by Gasteiger charge is -2.18. The fourth-order valence-corrected chi connectivity index (χ4v) is 8.90. The largest absolute Gasteiger partial charge is 0.462 e. The molecule has 0 heterocycles. The van der Waals surface area contributed by atoms with Crippen molar-refractivity contribution in [3.8, 4) is 0 Å². The minimum atomic E-state index is -0.785. The lowest BCUT2D eigenvalue weighted by molar-refractivity contribution is -0.167. The van der Waals surface area contributed by atoms with E-state index in [1.807, 2.05) is 0 Å². The summed E-state index contributed by atoms with van der Waals surface area (Å²) in [5.41, 5.74) is 0. The maximum Gasteiger partial charge on any atom is 0.306 e. The summed E-state index contributed by atoms with van der Waals surface area (Å²) in [6.07, 6.45) is 75.0. The molecule has 0 spiro atoms. The van der Waals surface area contributed by atoms with Gasteiger partial charge in [-0.05, 0) is 83.5 Å². The van der Waals surface area contributed by atoms with Crippen LogP contribution in [0.2, 0.25) is 0 Å². The van der Waals surface area contributed by atoms with Crippen molar-refractivity contribution in [1.82, 2.24) is 0 Å². The maximum absolute atomic E-state index is 12.9. The van der Waals surface area contributed by atoms with Gasteiger partial charge >= 0.3 is 17.9 Å². The fraction of sp³-hybridized carbons (Fsp3) is 0.800. The topological polar surface area (TPSA) is 78.9 Å². The summed E-state index contributed by atoms with van der Waals surface area (Å²) < 4.78 is 16.9. The van der Waals surface area contributed by atoms with E-state index in [1.54, 1.807) is 0 Å². The smallest absolute Gasteiger partial charge is 0.306 e. The lowest BCUT2D eigenvalue weighted by atomic mass is 10.0. The third kappa shape index (κ3) is 57.9. The highest BCUT2D eigenvalue weighted by Crippen LogP contribution is 2.17. The van der Waals surface area contributed by atoms with Crippen LogP contribution in [0.4, 0.5) is 0 Å². The molecule has 0 radical (unpaired) electrons. The predicted octanol–water partition coefficient (Wildman–Crippen LogP) is 20.8. The summed E-state index contributed by atoms with van der Waals surface area (Å²) in [4.78, 5) is 38.3. The minimum absolute atomic E-state index is 0.0816. The van der Waals surface area contributed by atoms with Crippen molar-refractivity contribution >= 4 is 17.9 Å². The Bertz CT molecular complexity index is 1280. The Labute approximate surface area is 440 Å². The highest BCUT2D eigenvalue weighted by Gasteiger charge is 2.19. The van der Waals surface area contributed by atoms with E-state index in [4.69, 9.17) is 14.2 Å². The third-order valence-electron chi connectivity index (χ3n) is 13.5. The van der Waals surface area contributed by atoms with Gasteiger partial charge in [0.05, 0.1) is 0 Å². The summed E-state index contributed by atoms with van der Waals surface area (Å²) in [6, 6.07) is 0. The third-order valence-corrected chi connectivity index (χ3v) is 13.5. The molecule has 0 fully saturated rings. The Morgan fingerprint density at radius 3 is 0.873 bits per heavy atom. The van der Waals surface area contributed by atoms with Crippen molar-refractivity contribution in [2.24, 2.45) is 0 Å². The van der Waals surface area contributed by atoms with Crippen molar-refractivity contribution < 1.29 is 28.6 Å². The molecule has 6 heteroatoms. The van der Waals surface area contributed by atoms with E-state index in [0.717, 1.165) is 96.3 Å². The van der Waals surface area contributed by atoms with Gasteiger partial charge in [-0.1, -0.05) is 274 Å². The van der Waals surface area contributed by atoms with Crippen LogP contribution in [0, 0.1) is 0 Å². The van der Waals surface area contributed by atoms with Crippen LogP contribution in [-0.4, -0.2) is 37.2 Å². The summed E-state index contributed by atoms with van der Waals surface area (Å²) in [6.45, 7) is 6.55. The number of esters is 3. The summed E-state index contributed by atoms with van der Waals surface area (Å²) >= 11 is 0. The van der Waals surface area contributed by atoms with Gasteiger partial charge in [-0.15, -0.1) is 0 Å². The van der Waals surface area contributed by atoms with Crippen molar-refractivity contribution in [3.63, 3.8) is 0 Å². The molecule has 0 rings (SSSR count). The number of unbranched alkanes of at least 4 members (excludes halogenated alkanes) is 35. The Hall–Kier alpha value is -2.89. The Morgan fingerprint density at radius 2 is 0.549 bits per heavy atom. The molecule has 0 aliphatic carbocycles. The van der Waals surface area contributed by atoms with E-state index in [2.05, 4.69) is 81.5 Å². The van der Waals surface area contributed by atoms with Crippen LogP contribution in [0.5, 0.6) is 0 Å². The second-order valence-electron chi connectivity index (χ2n) is 20.6. The van der Waals surface area contributed by atoms with Crippen LogP contribution in [-0.2, 0) is 28.6 Å². The van der Waals surface area contributed by atoms with E-state index in [1.165, 1.54) is 180 Å². The van der Waals surface area contributed by atoms with Crippen LogP contribution in [0.15, 0.2) is 60.8 Å². The number of carbonyl (C=O) groups excluding carboxylic acids is 3. The van der Waals surface area contributed by atoms with Gasteiger partial charge in [-0.2, -0.15) is 0 Å². The molecule has 71 heavy (non-hydrogen) atoms. The second-order valence-corrected chi connectivity index (χ2v) is 20.6. The lowest BCUT2D eigenvalue weighted by Crippen LogP contribution is -2.30. The Morgan fingerprint density at radius 1 is 0.296 bits per heavy atom. The number of carbonyl (C=O) groups is 3. The van der Waals surface area contributed by atoms with Gasteiger partial charge in [0.2, 0.25) is 0 Å². The maximum atomic E-state index is 12.9. The van der Waals surface area contributed by atoms with E-state index in [9.17, 15) is 14.4 Å². The van der Waals surface area contributed by atoms with Crippen LogP contribution in [0.3, 0.4) is 0 Å². The van der Waals surface area contributed by atoms with Gasteiger partial charge in [0.25, 0.3) is 0 Å². The molecule has 0 aromatic heterocycles. The second kappa shape index (κ2) is 59.7. The first-order chi connectivity index (χ1) is 35.0. The number of hydrogen-bond acceptors (Lipinski definition) is 6. The van der Waals surface area contributed by atoms with Crippen LogP contribution >= 0.6 is 0 Å². The number of rotatable bonds is 56. The molecule has 0 bridgehead atoms. The molecule has 1 atom stereocenters. The molecule has 0 aromatic rings. The summed E-state index contributed by atoms with van der Waals surface area (Å²) in [7, 11) is 0. The Balaban J connectivity index is 4.39. The Kier molecular flexibility index (Phi) is 57.2. The standard InChI is InChI=1S/C65H116O6/c1-4-7-10-13-16-19-22-25-28-31-34-37-40-43-46-49-52-55-58-64(67)70-61-62(60-69-63(66)57-54-51-48-45-42-39-36-33-30-27-24-21-18-15-12-9-6-3)71-65(68)59-56-53-50-47-44-41-38-35-32-29-26-23-20-17-14-11-8-5-2/h9,12,18,21,27-28,30-31,36,39,62H,4-8,10-11,13-17,19-20,22-26,29,32-35,37-38,40-61H2,1-3H3/b12-9-,21-18-,30-27-,31-28-,39-36-. The zero-order valence-electron chi connectivity index (χ0n) is 47.2. The minimum Gasteiger partial charge on any atom is -0.462 e. The molecular formula is C65H116O6. The molecule has 0 saturated carbocycles. The van der Waals surface area contributed by atoms with Crippen molar-refractivity contribution in [2.75, 3.05) is 13.2 Å². The monoisotopic (exact) mass is 993 g/mol. The summed E-state index contributed by atoms with van der Waals surface area (Å²) in [5.74, 6) is -0.893. The molecular weight excluding hydrogens is 877 g/mol. The molecule has 0 amide bonds. The van der Waals surface area contributed by atoms with Gasteiger partial charge in [0.15, 0.2) is 6.10 Å². The van der Waals surface area contributed by atoms with Crippen molar-refractivity contribution in [1.29, 1.82) is 0 Å². The number of hydrogen-bond donors (Lipinski definition) is 0. The predicted molar refractivity (Wildman–Crippen MR) is 307 cm³/mol. The van der Waals surface area contributed by atoms with E-state index >= 15 is 0 Å². The first-order valence-corrected chi connectivity index (χ1v) is 30.8. The molecule has 0 aliphatic heterocycles. The zero-order chi connectivity index (χ0) is 51.4. The molecule has 0 N–H and O–H groups in total. The van der Waals surface area contributed by atoms with Gasteiger partial charge in [0.1, 0.15) is 13.2 Å². The number of allylic oxidation sites excluding steroid dienone is 10. The average molecular weight is 994 g/mol. The SMILES string of the molecule is CC/C=C\C/C=C\C/C=C\C/C=C\CCCCCCC(=O)OCC(COC(=O)CCCCCCCCC/C=C\CCCCCCCCC)OC(=O)CCCCCCCCCCCCCCCCCCCC. The molecule has 0 aliphatic rings. The van der Waals surface area contributed by atoms with E-state index in [-0.39, 0.29) is 31.1 Å². The van der Waals surface area contributed by atoms with Gasteiger partial charge in [-0.25, -0.2) is 0 Å². The first kappa shape index (κ1) is 68.1. The van der Waals surface area contributed by atoms with Crippen LogP contribution in [0.25, 0.3) is 0 Å². The molecule has 6 nitrogen and oxygen atoms in total. The van der Waals surface area contributed by atoms with Crippen molar-refractivity contribution in [3.05, 3.63) is 60.8 Å². The van der Waals surface area contributed by atoms with E-state index < -0.39 is 6.10 Å². The average Bonchev–Trinajstić information content (AvgIpc) is 3.37. The van der Waals surface area contributed by atoms with Gasteiger partial charge < -0.3 is 14.2 Å². The normalized spacial score (nSPS) is 12.4. The molecule has 412 valence electrons. The quantitative estimate of drug-likeness (QED) is 0.0261. The van der Waals surface area contributed by atoms with E-state index in [0.29, 0.717) is 19.3 Å². The van der Waals surface area contributed by atoms with Gasteiger partial charge in [0, 0.05) is 19.3 Å². The summed E-state index contributed by atoms with van der Waals surface area (Å²) in [5, 5.41) is 0. The fourth-order valence-electron chi connectivity index (χ4n) is 8.90. The van der Waals surface area contributed by atoms with Crippen LogP contribution in [0.1, 0.15) is 316 Å². The highest BCUT2D eigenvalue weighted by molar-refractivity contribution is 5.71. The molecule has 0 saturated heterocycles. The van der Waals surface area contributed by atoms with Gasteiger partial charge in [-0.3, -0.25) is 14.4 Å². The molecule has 0 aromatic carbocycles. The highest BCUT2D eigenvalue weighted by atomic mass is 16.6. The molecule has 1 unspecified atom stereocenters. The zero-order valence-corrected chi connectivity index (χ0v) is 47.2.